The molecule has 0 aromatic heterocycles. The molecule has 0 saturated carbocycles. The lowest BCUT2D eigenvalue weighted by molar-refractivity contribution is -0.118. The van der Waals surface area contributed by atoms with Crippen LogP contribution in [0.4, 0.5) is 5.69 Å². The minimum atomic E-state index is -0.325. The molecular weight excluding hydrogens is 268 g/mol. The normalized spacial score (nSPS) is 9.52. The number of amides is 1. The number of anilines is 1. The van der Waals surface area contributed by atoms with Crippen LogP contribution in [-0.2, 0) is 4.79 Å². The second kappa shape index (κ2) is 6.96. The number of para-hydroxylation sites is 1. The molecule has 0 saturated heterocycles. The molecule has 106 valence electrons. The first-order valence-corrected chi connectivity index (χ1v) is 6.29. The number of nitrogens with one attached hydrogen (secondary N) is 1. The molecule has 1 N–H and O–H groups in total. The number of hydrogen-bond acceptors (Lipinski definition) is 4. The number of carbonyl (C=O) groups is 1. The second-order valence-corrected chi connectivity index (χ2v) is 4.17. The van der Waals surface area contributed by atoms with Crippen molar-refractivity contribution in [2.45, 2.75) is 0 Å². The average Bonchev–Trinajstić information content (AvgIpc) is 2.54. The summed E-state index contributed by atoms with van der Waals surface area (Å²) in [7, 11) is 1.58. The molecule has 0 fully saturated rings. The molecule has 0 unspecified atom stereocenters. The first-order valence-electron chi connectivity index (χ1n) is 6.29. The van der Waals surface area contributed by atoms with Crippen molar-refractivity contribution < 1.29 is 14.3 Å². The summed E-state index contributed by atoms with van der Waals surface area (Å²) in [5.74, 6) is 0.961. The lowest BCUT2D eigenvalue weighted by Gasteiger charge is -2.09. The van der Waals surface area contributed by atoms with Gasteiger partial charge >= 0.3 is 0 Å². The van der Waals surface area contributed by atoms with E-state index in [1.54, 1.807) is 55.6 Å². The summed E-state index contributed by atoms with van der Waals surface area (Å²) >= 11 is 0. The standard InChI is InChI=1S/C16H14N2O3/c1-20-13-6-8-14(9-7-13)21-11-16(19)18-15-5-3-2-4-12(15)10-17/h2-9H,11H2,1H3,(H,18,19). The number of nitriles is 1. The van der Waals surface area contributed by atoms with Gasteiger partial charge in [-0.2, -0.15) is 5.26 Å². The third kappa shape index (κ3) is 3.98. The highest BCUT2D eigenvalue weighted by atomic mass is 16.5. The highest BCUT2D eigenvalue weighted by molar-refractivity contribution is 5.93. The summed E-state index contributed by atoms with van der Waals surface area (Å²) in [6.45, 7) is -0.133. The number of carbonyl (C=O) groups excluding carboxylic acids is 1. The summed E-state index contributed by atoms with van der Waals surface area (Å²) in [4.78, 5) is 11.8. The highest BCUT2D eigenvalue weighted by Gasteiger charge is 2.07. The topological polar surface area (TPSA) is 71.3 Å². The third-order valence-electron chi connectivity index (χ3n) is 2.75. The molecule has 0 spiro atoms. The highest BCUT2D eigenvalue weighted by Crippen LogP contribution is 2.17. The van der Waals surface area contributed by atoms with Gasteiger partial charge in [-0.05, 0) is 36.4 Å². The van der Waals surface area contributed by atoms with Crippen LogP contribution in [0.1, 0.15) is 5.56 Å². The summed E-state index contributed by atoms with van der Waals surface area (Å²) in [5, 5.41) is 11.6. The molecule has 5 nitrogen and oxygen atoms in total. The summed E-state index contributed by atoms with van der Waals surface area (Å²) in [6, 6.07) is 15.7. The number of benzene rings is 2. The van der Waals surface area contributed by atoms with Crippen LogP contribution in [0.2, 0.25) is 0 Å². The number of nitrogens with zero attached hydrogens (tertiary/aromatic N) is 1. The Morgan fingerprint density at radius 3 is 2.48 bits per heavy atom. The van der Waals surface area contributed by atoms with Gasteiger partial charge in [-0.3, -0.25) is 4.79 Å². The van der Waals surface area contributed by atoms with Gasteiger partial charge in [-0.15, -0.1) is 0 Å². The minimum Gasteiger partial charge on any atom is -0.497 e. The van der Waals surface area contributed by atoms with E-state index in [9.17, 15) is 4.79 Å². The fourth-order valence-corrected chi connectivity index (χ4v) is 1.70. The van der Waals surface area contributed by atoms with Crippen LogP contribution in [0.5, 0.6) is 11.5 Å². The molecule has 2 rings (SSSR count). The quantitative estimate of drug-likeness (QED) is 0.915. The first-order chi connectivity index (χ1) is 10.2. The van der Waals surface area contributed by atoms with Gasteiger partial charge < -0.3 is 14.8 Å². The smallest absolute Gasteiger partial charge is 0.262 e. The van der Waals surface area contributed by atoms with Gasteiger partial charge in [-0.1, -0.05) is 12.1 Å². The van der Waals surface area contributed by atoms with E-state index in [1.165, 1.54) is 0 Å². The molecule has 21 heavy (non-hydrogen) atoms. The zero-order valence-corrected chi connectivity index (χ0v) is 11.5. The van der Waals surface area contributed by atoms with Crippen molar-refractivity contribution in [3.8, 4) is 17.6 Å². The lowest BCUT2D eigenvalue weighted by atomic mass is 10.2. The Hall–Kier alpha value is -3.00. The van der Waals surface area contributed by atoms with Crippen LogP contribution < -0.4 is 14.8 Å². The van der Waals surface area contributed by atoms with Gasteiger partial charge in [0.15, 0.2) is 6.61 Å². The molecule has 5 heteroatoms. The Balaban J connectivity index is 1.91. The van der Waals surface area contributed by atoms with Gasteiger partial charge in [0.05, 0.1) is 18.4 Å². The number of rotatable bonds is 5. The molecule has 2 aromatic rings. The van der Waals surface area contributed by atoms with E-state index >= 15 is 0 Å². The van der Waals surface area contributed by atoms with Crippen LogP contribution >= 0.6 is 0 Å². The molecule has 2 aromatic carbocycles. The van der Waals surface area contributed by atoms with Crippen LogP contribution in [0.25, 0.3) is 0 Å². The number of methoxy groups -OCH3 is 1. The molecular formula is C16H14N2O3. The molecule has 0 heterocycles. The SMILES string of the molecule is COc1ccc(OCC(=O)Nc2ccccc2C#N)cc1. The summed E-state index contributed by atoms with van der Waals surface area (Å²) in [5.41, 5.74) is 0.888. The average molecular weight is 282 g/mol. The maximum absolute atomic E-state index is 11.8. The Bertz CT molecular complexity index is 660. The zero-order valence-electron chi connectivity index (χ0n) is 11.5. The van der Waals surface area contributed by atoms with Crippen molar-refractivity contribution in [1.29, 1.82) is 5.26 Å². The molecule has 1 amide bonds. The van der Waals surface area contributed by atoms with E-state index in [4.69, 9.17) is 14.7 Å². The van der Waals surface area contributed by atoms with Gasteiger partial charge in [0.1, 0.15) is 17.6 Å². The maximum atomic E-state index is 11.8. The number of hydrogen-bond donors (Lipinski definition) is 1. The maximum Gasteiger partial charge on any atom is 0.262 e. The van der Waals surface area contributed by atoms with Crippen molar-refractivity contribution >= 4 is 11.6 Å². The summed E-state index contributed by atoms with van der Waals surface area (Å²) in [6.07, 6.45) is 0. The zero-order chi connectivity index (χ0) is 15.1. The number of ether oxygens (including phenoxy) is 2. The van der Waals surface area contributed by atoms with Crippen molar-refractivity contribution in [3.63, 3.8) is 0 Å². The molecule has 0 aliphatic heterocycles. The van der Waals surface area contributed by atoms with E-state index in [-0.39, 0.29) is 12.5 Å². The largest absolute Gasteiger partial charge is 0.497 e. The van der Waals surface area contributed by atoms with Crippen molar-refractivity contribution in [1.82, 2.24) is 0 Å². The van der Waals surface area contributed by atoms with Crippen molar-refractivity contribution in [3.05, 3.63) is 54.1 Å². The van der Waals surface area contributed by atoms with Crippen LogP contribution in [0, 0.1) is 11.3 Å². The summed E-state index contributed by atoms with van der Waals surface area (Å²) < 4.78 is 10.4. The van der Waals surface area contributed by atoms with E-state index < -0.39 is 0 Å². The van der Waals surface area contributed by atoms with E-state index in [2.05, 4.69) is 5.32 Å². The van der Waals surface area contributed by atoms with Crippen LogP contribution in [0.3, 0.4) is 0 Å². The fraction of sp³-hybridized carbons (Fsp3) is 0.125. The second-order valence-electron chi connectivity index (χ2n) is 4.17. The van der Waals surface area contributed by atoms with E-state index in [1.807, 2.05) is 6.07 Å². The molecule has 0 bridgehead atoms. The van der Waals surface area contributed by atoms with Crippen LogP contribution in [-0.4, -0.2) is 19.6 Å². The van der Waals surface area contributed by atoms with Crippen LogP contribution in [0.15, 0.2) is 48.5 Å². The lowest BCUT2D eigenvalue weighted by Crippen LogP contribution is -2.20. The third-order valence-corrected chi connectivity index (χ3v) is 2.75. The van der Waals surface area contributed by atoms with Crippen molar-refractivity contribution in [2.24, 2.45) is 0 Å². The van der Waals surface area contributed by atoms with E-state index in [0.29, 0.717) is 17.0 Å². The Labute approximate surface area is 122 Å². The Morgan fingerprint density at radius 2 is 1.81 bits per heavy atom. The van der Waals surface area contributed by atoms with Gasteiger partial charge in [0.25, 0.3) is 5.91 Å². The Morgan fingerprint density at radius 1 is 1.14 bits per heavy atom. The monoisotopic (exact) mass is 282 g/mol. The first kappa shape index (κ1) is 14.4. The molecule has 0 aliphatic rings. The molecule has 0 atom stereocenters. The Kier molecular flexibility index (Phi) is 4.78. The predicted octanol–water partition coefficient (Wildman–Crippen LogP) is 2.58. The van der Waals surface area contributed by atoms with E-state index in [0.717, 1.165) is 5.75 Å². The van der Waals surface area contributed by atoms with Gasteiger partial charge in [0.2, 0.25) is 0 Å². The minimum absolute atomic E-state index is 0.133. The molecule has 0 aliphatic carbocycles. The van der Waals surface area contributed by atoms with Crippen molar-refractivity contribution in [2.75, 3.05) is 19.0 Å². The predicted molar refractivity (Wildman–Crippen MR) is 78.3 cm³/mol. The molecule has 0 radical (unpaired) electrons. The fourth-order valence-electron chi connectivity index (χ4n) is 1.70. The van der Waals surface area contributed by atoms with Gasteiger partial charge in [0, 0.05) is 0 Å². The van der Waals surface area contributed by atoms with Gasteiger partial charge in [-0.25, -0.2) is 0 Å².